The molecule has 0 atom stereocenters. The van der Waals surface area contributed by atoms with Crippen molar-refractivity contribution in [3.63, 3.8) is 0 Å². The van der Waals surface area contributed by atoms with Crippen molar-refractivity contribution in [3.05, 3.63) is 64.9 Å². The molecule has 2 N–H and O–H groups in total. The van der Waals surface area contributed by atoms with Gasteiger partial charge in [0.05, 0.1) is 25.0 Å². The Morgan fingerprint density at radius 2 is 2.04 bits per heavy atom. The first-order chi connectivity index (χ1) is 11.7. The van der Waals surface area contributed by atoms with E-state index in [4.69, 9.17) is 0 Å². The number of nitrogens with zero attached hydrogens (tertiary/aromatic N) is 3. The van der Waals surface area contributed by atoms with E-state index in [0.29, 0.717) is 17.8 Å². The van der Waals surface area contributed by atoms with E-state index in [0.717, 1.165) is 5.56 Å². The van der Waals surface area contributed by atoms with Crippen molar-refractivity contribution in [1.29, 1.82) is 0 Å². The number of anilines is 1. The number of amides is 2. The van der Waals surface area contributed by atoms with Gasteiger partial charge < -0.3 is 10.6 Å². The number of hydrogen-bond donors (Lipinski definition) is 2. The van der Waals surface area contributed by atoms with Gasteiger partial charge in [0.2, 0.25) is 5.91 Å². The molecule has 0 aliphatic heterocycles. The van der Waals surface area contributed by atoms with E-state index in [1.54, 1.807) is 40.9 Å². The summed E-state index contributed by atoms with van der Waals surface area (Å²) in [6.07, 6.45) is 6.74. The molecular weight excluding hydrogens is 326 g/mol. The van der Waals surface area contributed by atoms with Crippen LogP contribution >= 0.6 is 11.3 Å². The molecule has 8 heteroatoms. The molecule has 3 aromatic heterocycles. The summed E-state index contributed by atoms with van der Waals surface area (Å²) in [5.74, 6) is -0.568. The van der Waals surface area contributed by atoms with Crippen molar-refractivity contribution < 1.29 is 9.59 Å². The van der Waals surface area contributed by atoms with Gasteiger partial charge in [-0.25, -0.2) is 0 Å². The van der Waals surface area contributed by atoms with Crippen molar-refractivity contribution >= 4 is 28.8 Å². The maximum absolute atomic E-state index is 11.9. The molecule has 0 aliphatic carbocycles. The Hall–Kier alpha value is -3.00. The largest absolute Gasteiger partial charge is 0.343 e. The van der Waals surface area contributed by atoms with Gasteiger partial charge in [-0.2, -0.15) is 16.4 Å². The van der Waals surface area contributed by atoms with Crippen LogP contribution in [0.4, 0.5) is 5.69 Å². The van der Waals surface area contributed by atoms with Crippen LogP contribution in [0.1, 0.15) is 15.9 Å². The van der Waals surface area contributed by atoms with Gasteiger partial charge in [-0.15, -0.1) is 0 Å². The smallest absolute Gasteiger partial charge is 0.252 e. The number of carbonyl (C=O) groups excluding carboxylic acids is 2. The summed E-state index contributed by atoms with van der Waals surface area (Å²) in [6.45, 7) is 0.498. The van der Waals surface area contributed by atoms with Gasteiger partial charge in [-0.1, -0.05) is 0 Å². The van der Waals surface area contributed by atoms with Crippen molar-refractivity contribution in [1.82, 2.24) is 20.1 Å². The van der Waals surface area contributed by atoms with Crippen LogP contribution in [0.25, 0.3) is 0 Å². The lowest BCUT2D eigenvalue weighted by atomic mass is 10.3. The Bertz CT molecular complexity index is 814. The predicted molar refractivity (Wildman–Crippen MR) is 90.8 cm³/mol. The number of pyridine rings is 1. The molecule has 0 aliphatic rings. The number of rotatable bonds is 6. The minimum atomic E-state index is -0.304. The van der Waals surface area contributed by atoms with Crippen LogP contribution in [0.5, 0.6) is 0 Å². The third-order valence-electron chi connectivity index (χ3n) is 3.20. The first-order valence-corrected chi connectivity index (χ1v) is 8.16. The summed E-state index contributed by atoms with van der Waals surface area (Å²) < 4.78 is 1.72. The van der Waals surface area contributed by atoms with Crippen molar-refractivity contribution in [2.24, 2.45) is 0 Å². The van der Waals surface area contributed by atoms with E-state index in [1.165, 1.54) is 11.3 Å². The SMILES string of the molecule is O=C(CNC(=O)c1ccsc1)Nc1cnn(Cc2ccncc2)c1. The van der Waals surface area contributed by atoms with Crippen LogP contribution in [-0.2, 0) is 11.3 Å². The molecule has 7 nitrogen and oxygen atoms in total. The minimum absolute atomic E-state index is 0.0930. The van der Waals surface area contributed by atoms with Crippen LogP contribution in [0, 0.1) is 0 Å². The molecule has 0 bridgehead atoms. The lowest BCUT2D eigenvalue weighted by Gasteiger charge is -2.04. The normalized spacial score (nSPS) is 10.3. The first kappa shape index (κ1) is 15.9. The van der Waals surface area contributed by atoms with E-state index in [9.17, 15) is 9.59 Å². The van der Waals surface area contributed by atoms with E-state index < -0.39 is 0 Å². The molecule has 0 fully saturated rings. The lowest BCUT2D eigenvalue weighted by Crippen LogP contribution is -2.32. The van der Waals surface area contributed by atoms with E-state index in [1.807, 2.05) is 17.5 Å². The van der Waals surface area contributed by atoms with E-state index >= 15 is 0 Å². The maximum Gasteiger partial charge on any atom is 0.252 e. The summed E-state index contributed by atoms with van der Waals surface area (Å²) in [7, 11) is 0. The highest BCUT2D eigenvalue weighted by molar-refractivity contribution is 7.08. The van der Waals surface area contributed by atoms with Gasteiger partial charge >= 0.3 is 0 Å². The lowest BCUT2D eigenvalue weighted by molar-refractivity contribution is -0.115. The monoisotopic (exact) mass is 341 g/mol. The van der Waals surface area contributed by atoms with Crippen LogP contribution in [0.15, 0.2) is 53.7 Å². The third-order valence-corrected chi connectivity index (χ3v) is 3.89. The average Bonchev–Trinajstić information content (AvgIpc) is 3.26. The fourth-order valence-corrected chi connectivity index (χ4v) is 2.69. The highest BCUT2D eigenvalue weighted by Gasteiger charge is 2.09. The number of nitrogens with one attached hydrogen (secondary N) is 2. The molecule has 0 unspecified atom stereocenters. The van der Waals surface area contributed by atoms with Crippen LogP contribution in [0.2, 0.25) is 0 Å². The molecule has 2 amide bonds. The molecule has 0 saturated heterocycles. The second-order valence-electron chi connectivity index (χ2n) is 5.02. The summed E-state index contributed by atoms with van der Waals surface area (Å²) in [5, 5.41) is 13.0. The van der Waals surface area contributed by atoms with Gasteiger partial charge in [0.15, 0.2) is 0 Å². The van der Waals surface area contributed by atoms with Gasteiger partial charge in [-0.3, -0.25) is 19.3 Å². The molecule has 3 aromatic rings. The zero-order valence-corrected chi connectivity index (χ0v) is 13.5. The molecule has 0 spiro atoms. The molecule has 122 valence electrons. The standard InChI is InChI=1S/C16H15N5O2S/c22-15(8-18-16(23)13-3-6-24-11-13)20-14-7-19-21(10-14)9-12-1-4-17-5-2-12/h1-7,10-11H,8-9H2,(H,18,23)(H,20,22). The van der Waals surface area contributed by atoms with Gasteiger partial charge in [0, 0.05) is 29.5 Å². The minimum Gasteiger partial charge on any atom is -0.343 e. The van der Waals surface area contributed by atoms with Gasteiger partial charge in [-0.05, 0) is 29.1 Å². The topological polar surface area (TPSA) is 88.9 Å². The zero-order chi connectivity index (χ0) is 16.8. The van der Waals surface area contributed by atoms with Crippen LogP contribution in [-0.4, -0.2) is 33.1 Å². The van der Waals surface area contributed by atoms with Crippen LogP contribution < -0.4 is 10.6 Å². The van der Waals surface area contributed by atoms with Crippen molar-refractivity contribution in [2.75, 3.05) is 11.9 Å². The van der Waals surface area contributed by atoms with Crippen molar-refractivity contribution in [3.8, 4) is 0 Å². The molecule has 0 radical (unpaired) electrons. The van der Waals surface area contributed by atoms with Crippen molar-refractivity contribution in [2.45, 2.75) is 6.54 Å². The second-order valence-corrected chi connectivity index (χ2v) is 5.80. The predicted octanol–water partition coefficient (Wildman–Crippen LogP) is 1.76. The highest BCUT2D eigenvalue weighted by atomic mass is 32.1. The fraction of sp³-hybridized carbons (Fsp3) is 0.125. The van der Waals surface area contributed by atoms with Gasteiger partial charge in [0.1, 0.15) is 0 Å². The molecule has 0 aromatic carbocycles. The molecule has 0 saturated carbocycles. The number of carbonyl (C=O) groups is 2. The Labute approximate surface area is 142 Å². The Morgan fingerprint density at radius 1 is 1.21 bits per heavy atom. The second kappa shape index (κ2) is 7.51. The maximum atomic E-state index is 11.9. The summed E-state index contributed by atoms with van der Waals surface area (Å²) >= 11 is 1.43. The Kier molecular flexibility index (Phi) is 4.97. The fourth-order valence-electron chi connectivity index (χ4n) is 2.05. The summed E-state index contributed by atoms with van der Waals surface area (Å²) in [4.78, 5) is 27.6. The summed E-state index contributed by atoms with van der Waals surface area (Å²) in [5.41, 5.74) is 2.20. The third kappa shape index (κ3) is 4.26. The highest BCUT2D eigenvalue weighted by Crippen LogP contribution is 2.08. The molecule has 3 rings (SSSR count). The number of hydrogen-bond acceptors (Lipinski definition) is 5. The zero-order valence-electron chi connectivity index (χ0n) is 12.7. The quantitative estimate of drug-likeness (QED) is 0.715. The molecule has 24 heavy (non-hydrogen) atoms. The molecular formula is C16H15N5O2S. The Morgan fingerprint density at radius 3 is 2.79 bits per heavy atom. The number of thiophene rings is 1. The summed E-state index contributed by atoms with van der Waals surface area (Å²) in [6, 6.07) is 5.51. The van der Waals surface area contributed by atoms with E-state index in [-0.39, 0.29) is 18.4 Å². The first-order valence-electron chi connectivity index (χ1n) is 7.22. The van der Waals surface area contributed by atoms with Crippen LogP contribution in [0.3, 0.4) is 0 Å². The van der Waals surface area contributed by atoms with Gasteiger partial charge in [0.25, 0.3) is 5.91 Å². The van der Waals surface area contributed by atoms with E-state index in [2.05, 4.69) is 20.7 Å². The Balaban J connectivity index is 1.49. The molecule has 3 heterocycles. The number of aromatic nitrogens is 3. The average molecular weight is 341 g/mol.